The van der Waals surface area contributed by atoms with E-state index >= 15 is 0 Å². The number of aliphatic carboxylic acids is 1. The molecule has 0 rings (SSSR count). The van der Waals surface area contributed by atoms with Crippen molar-refractivity contribution in [2.24, 2.45) is 0 Å². The molecule has 6 nitrogen and oxygen atoms in total. The maximum atomic E-state index is 11.2. The molecule has 0 heterocycles. The van der Waals surface area contributed by atoms with E-state index in [0.29, 0.717) is 6.61 Å². The van der Waals surface area contributed by atoms with Crippen LogP contribution in [0.1, 0.15) is 13.8 Å². The van der Waals surface area contributed by atoms with Gasteiger partial charge >= 0.3 is 5.97 Å². The molecular formula is C9H18N2O4. The summed E-state index contributed by atoms with van der Waals surface area (Å²) in [4.78, 5) is 21.7. The summed E-state index contributed by atoms with van der Waals surface area (Å²) in [6, 6.07) is -0.807. The van der Waals surface area contributed by atoms with Gasteiger partial charge in [-0.1, -0.05) is 0 Å². The van der Waals surface area contributed by atoms with Gasteiger partial charge in [-0.15, -0.1) is 0 Å². The first-order valence-electron chi connectivity index (χ1n) is 4.71. The zero-order chi connectivity index (χ0) is 11.8. The summed E-state index contributed by atoms with van der Waals surface area (Å²) in [5, 5.41) is 13.8. The van der Waals surface area contributed by atoms with Gasteiger partial charge in [0, 0.05) is 13.2 Å². The number of carbonyl (C=O) groups is 2. The Morgan fingerprint density at radius 3 is 2.47 bits per heavy atom. The monoisotopic (exact) mass is 218 g/mol. The maximum Gasteiger partial charge on any atom is 0.320 e. The Bertz CT molecular complexity index is 220. The third kappa shape index (κ3) is 6.87. The molecule has 0 aromatic rings. The lowest BCUT2D eigenvalue weighted by Crippen LogP contribution is -2.44. The van der Waals surface area contributed by atoms with Crippen molar-refractivity contribution in [2.75, 3.05) is 20.3 Å². The Morgan fingerprint density at radius 2 is 2.00 bits per heavy atom. The minimum atomic E-state index is -0.979. The van der Waals surface area contributed by atoms with E-state index in [4.69, 9.17) is 9.84 Å². The molecule has 1 unspecified atom stereocenters. The van der Waals surface area contributed by atoms with Gasteiger partial charge in [0.2, 0.25) is 5.91 Å². The predicted molar refractivity (Wildman–Crippen MR) is 54.6 cm³/mol. The Morgan fingerprint density at radius 1 is 1.40 bits per heavy atom. The second-order valence-electron chi connectivity index (χ2n) is 3.36. The Kier molecular flexibility index (Phi) is 6.64. The number of amides is 1. The normalized spacial score (nSPS) is 14.3. The molecule has 15 heavy (non-hydrogen) atoms. The lowest BCUT2D eigenvalue weighted by molar-refractivity contribution is -0.139. The topological polar surface area (TPSA) is 87.7 Å². The van der Waals surface area contributed by atoms with Crippen LogP contribution in [0.15, 0.2) is 0 Å². The molecule has 0 bridgehead atoms. The van der Waals surface area contributed by atoms with Gasteiger partial charge < -0.3 is 15.2 Å². The quantitative estimate of drug-likeness (QED) is 0.520. The molecule has 0 radical (unpaired) electrons. The van der Waals surface area contributed by atoms with E-state index < -0.39 is 12.0 Å². The van der Waals surface area contributed by atoms with Crippen LogP contribution in [0.5, 0.6) is 0 Å². The second-order valence-corrected chi connectivity index (χ2v) is 3.36. The molecule has 2 atom stereocenters. The molecule has 1 amide bonds. The van der Waals surface area contributed by atoms with Crippen LogP contribution >= 0.6 is 0 Å². The number of rotatable bonds is 7. The molecule has 0 aliphatic carbocycles. The zero-order valence-electron chi connectivity index (χ0n) is 9.24. The van der Waals surface area contributed by atoms with Crippen LogP contribution in [0.2, 0.25) is 0 Å². The summed E-state index contributed by atoms with van der Waals surface area (Å²) in [6.07, 6.45) is 0. The highest BCUT2D eigenvalue weighted by molar-refractivity contribution is 5.79. The number of ether oxygens (including phenoxy) is 1. The number of carboxylic acid groups (broad SMARTS) is 1. The average Bonchev–Trinajstić information content (AvgIpc) is 2.14. The maximum absolute atomic E-state index is 11.2. The first kappa shape index (κ1) is 13.9. The first-order chi connectivity index (χ1) is 6.97. The Hall–Kier alpha value is -1.14. The molecule has 0 saturated carbocycles. The average molecular weight is 218 g/mol. The first-order valence-corrected chi connectivity index (χ1v) is 4.71. The molecule has 0 spiro atoms. The van der Waals surface area contributed by atoms with Gasteiger partial charge in [0.05, 0.1) is 13.2 Å². The van der Waals surface area contributed by atoms with E-state index in [-0.39, 0.29) is 18.5 Å². The molecule has 0 saturated heterocycles. The van der Waals surface area contributed by atoms with Crippen molar-refractivity contribution in [1.82, 2.24) is 10.6 Å². The molecule has 0 fully saturated rings. The summed E-state index contributed by atoms with van der Waals surface area (Å²) in [6.45, 7) is 3.71. The van der Waals surface area contributed by atoms with Gasteiger partial charge in [0.1, 0.15) is 6.04 Å². The van der Waals surface area contributed by atoms with Crippen LogP contribution in [0, 0.1) is 0 Å². The molecule has 6 heteroatoms. The van der Waals surface area contributed by atoms with Gasteiger partial charge in [-0.05, 0) is 13.8 Å². The third-order valence-electron chi connectivity index (χ3n) is 1.76. The van der Waals surface area contributed by atoms with Gasteiger partial charge in [-0.25, -0.2) is 0 Å². The summed E-state index contributed by atoms with van der Waals surface area (Å²) in [5.41, 5.74) is 0. The van der Waals surface area contributed by atoms with Crippen LogP contribution in [-0.2, 0) is 14.3 Å². The SMILES string of the molecule is COCC(C)NC(=O)CN[C@H](C)C(=O)O. The minimum absolute atomic E-state index is 0.0124. The summed E-state index contributed by atoms with van der Waals surface area (Å²) < 4.78 is 4.84. The standard InChI is InChI=1S/C9H18N2O4/c1-6(5-15-3)11-8(12)4-10-7(2)9(13)14/h6-7,10H,4-5H2,1-3H3,(H,11,12)(H,13,14)/t6?,7-/m1/s1. The van der Waals surface area contributed by atoms with Crippen LogP contribution in [-0.4, -0.2) is 49.3 Å². The van der Waals surface area contributed by atoms with Crippen molar-refractivity contribution in [2.45, 2.75) is 25.9 Å². The van der Waals surface area contributed by atoms with E-state index in [0.717, 1.165) is 0 Å². The number of hydrogen-bond donors (Lipinski definition) is 3. The van der Waals surface area contributed by atoms with Crippen LogP contribution in [0.25, 0.3) is 0 Å². The molecule has 0 aliphatic heterocycles. The van der Waals surface area contributed by atoms with Crippen molar-refractivity contribution < 1.29 is 19.4 Å². The number of methoxy groups -OCH3 is 1. The van der Waals surface area contributed by atoms with E-state index in [1.165, 1.54) is 6.92 Å². The highest BCUT2D eigenvalue weighted by Crippen LogP contribution is 1.83. The molecule has 0 aromatic heterocycles. The lowest BCUT2D eigenvalue weighted by atomic mass is 10.3. The van der Waals surface area contributed by atoms with Crippen LogP contribution in [0.4, 0.5) is 0 Å². The molecule has 3 N–H and O–H groups in total. The molecule has 88 valence electrons. The number of carbonyl (C=O) groups excluding carboxylic acids is 1. The number of carboxylic acids is 1. The van der Waals surface area contributed by atoms with E-state index in [2.05, 4.69) is 10.6 Å². The Balaban J connectivity index is 3.70. The fourth-order valence-corrected chi connectivity index (χ4v) is 0.951. The zero-order valence-corrected chi connectivity index (χ0v) is 9.24. The summed E-state index contributed by atoms with van der Waals surface area (Å²) >= 11 is 0. The van der Waals surface area contributed by atoms with E-state index in [1.807, 2.05) is 6.92 Å². The van der Waals surface area contributed by atoms with Gasteiger partial charge in [0.15, 0.2) is 0 Å². The number of hydrogen-bond acceptors (Lipinski definition) is 4. The highest BCUT2D eigenvalue weighted by atomic mass is 16.5. The summed E-state index contributed by atoms with van der Waals surface area (Å²) in [5.74, 6) is -1.22. The minimum Gasteiger partial charge on any atom is -0.480 e. The van der Waals surface area contributed by atoms with Crippen LogP contribution < -0.4 is 10.6 Å². The van der Waals surface area contributed by atoms with E-state index in [1.54, 1.807) is 7.11 Å². The Labute approximate surface area is 89.0 Å². The van der Waals surface area contributed by atoms with E-state index in [9.17, 15) is 9.59 Å². The predicted octanol–water partition coefficient (Wildman–Crippen LogP) is -0.800. The largest absolute Gasteiger partial charge is 0.480 e. The third-order valence-corrected chi connectivity index (χ3v) is 1.76. The van der Waals surface area contributed by atoms with Crippen LogP contribution in [0.3, 0.4) is 0 Å². The van der Waals surface area contributed by atoms with Crippen molar-refractivity contribution >= 4 is 11.9 Å². The van der Waals surface area contributed by atoms with Gasteiger partial charge in [-0.2, -0.15) is 0 Å². The molecule has 0 aliphatic rings. The molecular weight excluding hydrogens is 200 g/mol. The van der Waals surface area contributed by atoms with Crippen molar-refractivity contribution in [3.8, 4) is 0 Å². The van der Waals surface area contributed by atoms with Crippen molar-refractivity contribution in [3.63, 3.8) is 0 Å². The fourth-order valence-electron chi connectivity index (χ4n) is 0.951. The lowest BCUT2D eigenvalue weighted by Gasteiger charge is -2.14. The number of nitrogens with one attached hydrogen (secondary N) is 2. The van der Waals surface area contributed by atoms with Crippen molar-refractivity contribution in [1.29, 1.82) is 0 Å². The van der Waals surface area contributed by atoms with Crippen molar-refractivity contribution in [3.05, 3.63) is 0 Å². The smallest absolute Gasteiger partial charge is 0.320 e. The fraction of sp³-hybridized carbons (Fsp3) is 0.778. The second kappa shape index (κ2) is 7.19. The van der Waals surface area contributed by atoms with Gasteiger partial charge in [-0.3, -0.25) is 14.9 Å². The molecule has 0 aromatic carbocycles. The summed E-state index contributed by atoms with van der Waals surface area (Å²) in [7, 11) is 1.55. The van der Waals surface area contributed by atoms with Gasteiger partial charge in [0.25, 0.3) is 0 Å². The highest BCUT2D eigenvalue weighted by Gasteiger charge is 2.12.